The maximum absolute atomic E-state index is 11.6. The quantitative estimate of drug-likeness (QED) is 0.817. The Morgan fingerprint density at radius 1 is 1.67 bits per heavy atom. The molecule has 0 bridgehead atoms. The van der Waals surface area contributed by atoms with Gasteiger partial charge in [-0.05, 0) is 14.0 Å². The molecule has 0 atom stereocenters. The van der Waals surface area contributed by atoms with Crippen LogP contribution in [0.5, 0.6) is 0 Å². The number of hydrogen-bond acceptors (Lipinski definition) is 4. The van der Waals surface area contributed by atoms with E-state index in [0.29, 0.717) is 13.0 Å². The molecule has 0 fully saturated rings. The molecule has 0 spiro atoms. The molecular formula is C10H17N3OS. The van der Waals surface area contributed by atoms with Gasteiger partial charge in [0, 0.05) is 24.9 Å². The maximum atomic E-state index is 11.6. The average Bonchev–Trinajstić information content (AvgIpc) is 2.61. The minimum absolute atomic E-state index is 0.164. The van der Waals surface area contributed by atoms with Gasteiger partial charge in [-0.1, -0.05) is 0 Å². The van der Waals surface area contributed by atoms with Crippen molar-refractivity contribution >= 4 is 17.2 Å². The summed E-state index contributed by atoms with van der Waals surface area (Å²) in [6.07, 6.45) is 0.546. The number of carbonyl (C=O) groups is 1. The monoisotopic (exact) mass is 227 g/mol. The second-order valence-electron chi connectivity index (χ2n) is 3.46. The van der Waals surface area contributed by atoms with Gasteiger partial charge in [0.2, 0.25) is 5.91 Å². The third-order valence-electron chi connectivity index (χ3n) is 2.24. The average molecular weight is 227 g/mol. The molecule has 1 aromatic heterocycles. The Bertz CT molecular complexity index is 324. The minimum Gasteiger partial charge on any atom is -0.341 e. The summed E-state index contributed by atoms with van der Waals surface area (Å²) < 4.78 is 0. The molecule has 0 aliphatic heterocycles. The number of hydrogen-bond donors (Lipinski definition) is 1. The van der Waals surface area contributed by atoms with Crippen LogP contribution in [0.2, 0.25) is 0 Å². The molecule has 15 heavy (non-hydrogen) atoms. The molecule has 0 radical (unpaired) electrons. The largest absolute Gasteiger partial charge is 0.341 e. The van der Waals surface area contributed by atoms with E-state index in [9.17, 15) is 4.79 Å². The SMILES string of the molecule is CNCCC(=O)N(C)Cc1scnc1C. The summed E-state index contributed by atoms with van der Waals surface area (Å²) in [4.78, 5) is 18.7. The predicted octanol–water partition coefficient (Wildman–Crippen LogP) is 1.02. The molecule has 1 amide bonds. The number of nitrogens with zero attached hydrogens (tertiary/aromatic N) is 2. The highest BCUT2D eigenvalue weighted by atomic mass is 32.1. The van der Waals surface area contributed by atoms with Gasteiger partial charge < -0.3 is 10.2 Å². The van der Waals surface area contributed by atoms with Crippen molar-refractivity contribution in [3.05, 3.63) is 16.1 Å². The first-order valence-electron chi connectivity index (χ1n) is 4.92. The van der Waals surface area contributed by atoms with Crippen LogP contribution < -0.4 is 5.32 Å². The Morgan fingerprint density at radius 3 is 2.93 bits per heavy atom. The summed E-state index contributed by atoms with van der Waals surface area (Å²) in [6, 6.07) is 0. The van der Waals surface area contributed by atoms with Gasteiger partial charge in [0.05, 0.1) is 17.7 Å². The van der Waals surface area contributed by atoms with Crippen molar-refractivity contribution < 1.29 is 4.79 Å². The number of carbonyl (C=O) groups excluding carboxylic acids is 1. The molecule has 1 heterocycles. The lowest BCUT2D eigenvalue weighted by Gasteiger charge is -2.16. The maximum Gasteiger partial charge on any atom is 0.223 e. The highest BCUT2D eigenvalue weighted by molar-refractivity contribution is 7.09. The molecule has 1 N–H and O–H groups in total. The van der Waals surface area contributed by atoms with E-state index in [1.54, 1.807) is 16.2 Å². The fourth-order valence-corrected chi connectivity index (χ4v) is 2.03. The number of nitrogens with one attached hydrogen (secondary N) is 1. The number of aromatic nitrogens is 1. The van der Waals surface area contributed by atoms with Crippen LogP contribution in [0.15, 0.2) is 5.51 Å². The van der Waals surface area contributed by atoms with Gasteiger partial charge in [0.1, 0.15) is 0 Å². The topological polar surface area (TPSA) is 45.2 Å². The second-order valence-corrected chi connectivity index (χ2v) is 4.40. The fraction of sp³-hybridized carbons (Fsp3) is 0.600. The van der Waals surface area contributed by atoms with E-state index in [-0.39, 0.29) is 5.91 Å². The number of rotatable bonds is 5. The van der Waals surface area contributed by atoms with Gasteiger partial charge in [-0.3, -0.25) is 4.79 Å². The van der Waals surface area contributed by atoms with Gasteiger partial charge in [-0.2, -0.15) is 0 Å². The Balaban J connectivity index is 2.45. The zero-order valence-corrected chi connectivity index (χ0v) is 10.2. The van der Waals surface area contributed by atoms with E-state index < -0.39 is 0 Å². The second kappa shape index (κ2) is 5.82. The van der Waals surface area contributed by atoms with Crippen molar-refractivity contribution in [1.29, 1.82) is 0 Å². The molecular weight excluding hydrogens is 210 g/mol. The molecule has 0 unspecified atom stereocenters. The molecule has 0 saturated heterocycles. The molecule has 0 aromatic carbocycles. The highest BCUT2D eigenvalue weighted by Gasteiger charge is 2.10. The predicted molar refractivity (Wildman–Crippen MR) is 61.9 cm³/mol. The van der Waals surface area contributed by atoms with Crippen LogP contribution in [0.4, 0.5) is 0 Å². The first-order chi connectivity index (χ1) is 7.15. The van der Waals surface area contributed by atoms with E-state index in [1.165, 1.54) is 0 Å². The highest BCUT2D eigenvalue weighted by Crippen LogP contribution is 2.14. The lowest BCUT2D eigenvalue weighted by Crippen LogP contribution is -2.28. The van der Waals surface area contributed by atoms with Gasteiger partial charge in [-0.15, -0.1) is 11.3 Å². The molecule has 0 aliphatic rings. The fourth-order valence-electron chi connectivity index (χ4n) is 1.20. The van der Waals surface area contributed by atoms with Crippen molar-refractivity contribution in [3.8, 4) is 0 Å². The van der Waals surface area contributed by atoms with Crippen LogP contribution >= 0.6 is 11.3 Å². The Kier molecular flexibility index (Phi) is 4.71. The molecule has 5 heteroatoms. The lowest BCUT2D eigenvalue weighted by atomic mass is 10.3. The van der Waals surface area contributed by atoms with Crippen LogP contribution in [0, 0.1) is 6.92 Å². The molecule has 0 aliphatic carbocycles. The smallest absolute Gasteiger partial charge is 0.223 e. The zero-order chi connectivity index (χ0) is 11.3. The Labute approximate surface area is 94.3 Å². The molecule has 1 rings (SSSR count). The van der Waals surface area contributed by atoms with Gasteiger partial charge in [0.25, 0.3) is 0 Å². The van der Waals surface area contributed by atoms with Crippen LogP contribution in [0.25, 0.3) is 0 Å². The van der Waals surface area contributed by atoms with Crippen molar-refractivity contribution in [2.45, 2.75) is 19.9 Å². The van der Waals surface area contributed by atoms with Gasteiger partial charge in [-0.25, -0.2) is 4.98 Å². The standard InChI is InChI=1S/C10H17N3OS/c1-8-9(15-7-12-8)6-13(3)10(14)4-5-11-2/h7,11H,4-6H2,1-3H3. The molecule has 0 saturated carbocycles. The summed E-state index contributed by atoms with van der Waals surface area (Å²) in [6.45, 7) is 3.36. The number of amides is 1. The third kappa shape index (κ3) is 3.60. The summed E-state index contributed by atoms with van der Waals surface area (Å²) in [5.74, 6) is 0.164. The molecule has 4 nitrogen and oxygen atoms in total. The van der Waals surface area contributed by atoms with Gasteiger partial charge >= 0.3 is 0 Å². The first-order valence-corrected chi connectivity index (χ1v) is 5.80. The number of thiazole rings is 1. The van der Waals surface area contributed by atoms with Crippen molar-refractivity contribution in [1.82, 2.24) is 15.2 Å². The van der Waals surface area contributed by atoms with Crippen molar-refractivity contribution in [2.24, 2.45) is 0 Å². The first kappa shape index (κ1) is 12.1. The number of aryl methyl sites for hydroxylation is 1. The summed E-state index contributed by atoms with van der Waals surface area (Å²) in [5.41, 5.74) is 2.84. The molecule has 1 aromatic rings. The Morgan fingerprint density at radius 2 is 2.40 bits per heavy atom. The third-order valence-corrected chi connectivity index (χ3v) is 3.16. The van der Waals surface area contributed by atoms with Gasteiger partial charge in [0.15, 0.2) is 0 Å². The van der Waals surface area contributed by atoms with E-state index in [2.05, 4.69) is 10.3 Å². The van der Waals surface area contributed by atoms with Crippen LogP contribution in [-0.2, 0) is 11.3 Å². The summed E-state index contributed by atoms with van der Waals surface area (Å²) >= 11 is 1.60. The minimum atomic E-state index is 0.164. The van der Waals surface area contributed by atoms with Crippen molar-refractivity contribution in [3.63, 3.8) is 0 Å². The Hall–Kier alpha value is -0.940. The lowest BCUT2D eigenvalue weighted by molar-refractivity contribution is -0.130. The van der Waals surface area contributed by atoms with Crippen LogP contribution in [0.3, 0.4) is 0 Å². The zero-order valence-electron chi connectivity index (χ0n) is 9.41. The van der Waals surface area contributed by atoms with E-state index in [0.717, 1.165) is 17.1 Å². The summed E-state index contributed by atoms with van der Waals surface area (Å²) in [7, 11) is 3.68. The van der Waals surface area contributed by atoms with Crippen LogP contribution in [-0.4, -0.2) is 36.4 Å². The normalized spacial score (nSPS) is 10.3. The van der Waals surface area contributed by atoms with E-state index in [1.807, 2.05) is 26.5 Å². The van der Waals surface area contributed by atoms with E-state index >= 15 is 0 Å². The molecule has 84 valence electrons. The van der Waals surface area contributed by atoms with Crippen molar-refractivity contribution in [2.75, 3.05) is 20.6 Å². The van der Waals surface area contributed by atoms with Crippen LogP contribution in [0.1, 0.15) is 17.0 Å². The van der Waals surface area contributed by atoms with E-state index in [4.69, 9.17) is 0 Å². The summed E-state index contributed by atoms with van der Waals surface area (Å²) in [5, 5.41) is 2.97.